The van der Waals surface area contributed by atoms with Crippen molar-refractivity contribution in [1.29, 1.82) is 0 Å². The maximum atomic E-state index is 12.0. The Morgan fingerprint density at radius 1 is 1.47 bits per heavy atom. The highest BCUT2D eigenvalue weighted by molar-refractivity contribution is 5.94. The highest BCUT2D eigenvalue weighted by atomic mass is 16.5. The molecule has 1 N–H and O–H groups in total. The fourth-order valence-electron chi connectivity index (χ4n) is 1.58. The molecule has 2 heterocycles. The Morgan fingerprint density at radius 2 is 2.29 bits per heavy atom. The molecule has 17 heavy (non-hydrogen) atoms. The number of ether oxygens (including phenoxy) is 1. The second-order valence-electron chi connectivity index (χ2n) is 3.58. The van der Waals surface area contributed by atoms with Crippen LogP contribution in [0, 0.1) is 0 Å². The molecule has 1 amide bonds. The van der Waals surface area contributed by atoms with Crippen LogP contribution in [0.4, 0.5) is 0 Å². The molecule has 1 atom stereocenters. The molecule has 2 rings (SSSR count). The van der Waals surface area contributed by atoms with E-state index in [1.807, 2.05) is 0 Å². The lowest BCUT2D eigenvalue weighted by atomic mass is 10.2. The van der Waals surface area contributed by atoms with Gasteiger partial charge in [0.15, 0.2) is 6.10 Å². The molecule has 90 valence electrons. The molecule has 0 aliphatic carbocycles. The van der Waals surface area contributed by atoms with Crippen LogP contribution < -0.4 is 0 Å². The van der Waals surface area contributed by atoms with Crippen LogP contribution in [0.15, 0.2) is 18.5 Å². The Hall–Kier alpha value is -2.02. The average molecular weight is 237 g/mol. The molecule has 1 saturated heterocycles. The van der Waals surface area contributed by atoms with Crippen LogP contribution in [0.25, 0.3) is 0 Å². The average Bonchev–Trinajstić information content (AvgIpc) is 2.39. The van der Waals surface area contributed by atoms with Crippen molar-refractivity contribution in [1.82, 2.24) is 15.1 Å². The van der Waals surface area contributed by atoms with Gasteiger partial charge >= 0.3 is 5.97 Å². The second-order valence-corrected chi connectivity index (χ2v) is 3.58. The van der Waals surface area contributed by atoms with E-state index in [0.717, 1.165) is 0 Å². The zero-order chi connectivity index (χ0) is 12.3. The number of amides is 1. The quantitative estimate of drug-likeness (QED) is 0.738. The maximum Gasteiger partial charge on any atom is 0.334 e. The second kappa shape index (κ2) is 4.88. The molecule has 1 aliphatic heterocycles. The van der Waals surface area contributed by atoms with Gasteiger partial charge in [-0.3, -0.25) is 4.79 Å². The number of carbonyl (C=O) groups excluding carboxylic acids is 1. The van der Waals surface area contributed by atoms with E-state index in [4.69, 9.17) is 9.84 Å². The molecule has 0 spiro atoms. The van der Waals surface area contributed by atoms with Gasteiger partial charge in [0, 0.05) is 6.54 Å². The fourth-order valence-corrected chi connectivity index (χ4v) is 1.58. The maximum absolute atomic E-state index is 12.0. The predicted octanol–water partition coefficient (Wildman–Crippen LogP) is -0.598. The minimum Gasteiger partial charge on any atom is -0.479 e. The minimum absolute atomic E-state index is 0.0521. The molecular weight excluding hydrogens is 226 g/mol. The first-order valence-electron chi connectivity index (χ1n) is 5.09. The molecule has 1 aliphatic rings. The van der Waals surface area contributed by atoms with Gasteiger partial charge in [-0.2, -0.15) is 10.2 Å². The number of nitrogens with zero attached hydrogens (tertiary/aromatic N) is 3. The summed E-state index contributed by atoms with van der Waals surface area (Å²) in [4.78, 5) is 24.2. The third-order valence-electron chi connectivity index (χ3n) is 2.46. The monoisotopic (exact) mass is 237 g/mol. The number of morpholine rings is 1. The summed E-state index contributed by atoms with van der Waals surface area (Å²) in [6.07, 6.45) is 1.82. The Labute approximate surface area is 97.0 Å². The van der Waals surface area contributed by atoms with Crippen molar-refractivity contribution in [2.45, 2.75) is 6.10 Å². The van der Waals surface area contributed by atoms with Crippen molar-refractivity contribution < 1.29 is 19.4 Å². The summed E-state index contributed by atoms with van der Waals surface area (Å²) in [6, 6.07) is 1.54. The van der Waals surface area contributed by atoms with Crippen LogP contribution in [-0.4, -0.2) is 57.9 Å². The molecule has 1 fully saturated rings. The van der Waals surface area contributed by atoms with Gasteiger partial charge in [0.1, 0.15) is 0 Å². The van der Waals surface area contributed by atoms with Crippen molar-refractivity contribution in [3.8, 4) is 0 Å². The Kier molecular flexibility index (Phi) is 3.29. The summed E-state index contributed by atoms with van der Waals surface area (Å²) in [5.41, 5.74) is 0.394. The number of hydrogen-bond acceptors (Lipinski definition) is 5. The molecular formula is C10H11N3O4. The van der Waals surface area contributed by atoms with Crippen LogP contribution in [0.1, 0.15) is 10.4 Å². The third kappa shape index (κ3) is 2.56. The number of aromatic nitrogens is 2. The predicted molar refractivity (Wildman–Crippen MR) is 55.3 cm³/mol. The van der Waals surface area contributed by atoms with Crippen molar-refractivity contribution in [3.05, 3.63) is 24.0 Å². The minimum atomic E-state index is -1.06. The lowest BCUT2D eigenvalue weighted by Crippen LogP contribution is -2.48. The van der Waals surface area contributed by atoms with Crippen LogP contribution in [0.2, 0.25) is 0 Å². The molecule has 7 heteroatoms. The Balaban J connectivity index is 2.07. The molecule has 0 aromatic carbocycles. The van der Waals surface area contributed by atoms with E-state index in [0.29, 0.717) is 12.1 Å². The highest BCUT2D eigenvalue weighted by Crippen LogP contribution is 2.09. The number of hydrogen-bond donors (Lipinski definition) is 1. The van der Waals surface area contributed by atoms with E-state index in [2.05, 4.69) is 10.2 Å². The van der Waals surface area contributed by atoms with Gasteiger partial charge < -0.3 is 14.7 Å². The lowest BCUT2D eigenvalue weighted by Gasteiger charge is -2.30. The van der Waals surface area contributed by atoms with Crippen molar-refractivity contribution in [3.63, 3.8) is 0 Å². The summed E-state index contributed by atoms with van der Waals surface area (Å²) in [5, 5.41) is 16.0. The first kappa shape index (κ1) is 11.5. The van der Waals surface area contributed by atoms with E-state index in [-0.39, 0.29) is 19.1 Å². The van der Waals surface area contributed by atoms with E-state index in [1.54, 1.807) is 6.07 Å². The number of rotatable bonds is 2. The van der Waals surface area contributed by atoms with Crippen LogP contribution >= 0.6 is 0 Å². The van der Waals surface area contributed by atoms with E-state index in [9.17, 15) is 9.59 Å². The zero-order valence-electron chi connectivity index (χ0n) is 8.94. The summed E-state index contributed by atoms with van der Waals surface area (Å²) >= 11 is 0. The Morgan fingerprint density at radius 3 is 2.94 bits per heavy atom. The van der Waals surface area contributed by atoms with Crippen LogP contribution in [-0.2, 0) is 9.53 Å². The van der Waals surface area contributed by atoms with E-state index < -0.39 is 12.1 Å². The number of carboxylic acids is 1. The molecule has 1 aromatic heterocycles. The van der Waals surface area contributed by atoms with E-state index in [1.165, 1.54) is 17.3 Å². The number of carboxylic acid groups (broad SMARTS) is 1. The van der Waals surface area contributed by atoms with Gasteiger partial charge in [0.25, 0.3) is 5.91 Å². The summed E-state index contributed by atoms with van der Waals surface area (Å²) in [7, 11) is 0. The molecule has 7 nitrogen and oxygen atoms in total. The van der Waals surface area contributed by atoms with Gasteiger partial charge in [0.05, 0.1) is 31.1 Å². The summed E-state index contributed by atoms with van der Waals surface area (Å²) in [5.74, 6) is -1.31. The van der Waals surface area contributed by atoms with Crippen LogP contribution in [0.3, 0.4) is 0 Å². The Bertz CT molecular complexity index is 423. The van der Waals surface area contributed by atoms with Gasteiger partial charge in [-0.1, -0.05) is 0 Å². The van der Waals surface area contributed by atoms with Crippen molar-refractivity contribution in [2.75, 3.05) is 19.7 Å². The topological polar surface area (TPSA) is 92.6 Å². The highest BCUT2D eigenvalue weighted by Gasteiger charge is 2.29. The van der Waals surface area contributed by atoms with Gasteiger partial charge in [-0.05, 0) is 6.07 Å². The van der Waals surface area contributed by atoms with E-state index >= 15 is 0 Å². The lowest BCUT2D eigenvalue weighted by molar-refractivity contribution is -0.154. The van der Waals surface area contributed by atoms with Crippen molar-refractivity contribution >= 4 is 11.9 Å². The van der Waals surface area contributed by atoms with Gasteiger partial charge in [-0.25, -0.2) is 4.79 Å². The standard InChI is InChI=1S/C10H11N3O4/c14-9(7-1-2-11-12-5-7)13-3-4-17-8(6-13)10(15)16/h1-2,5,8H,3-4,6H2,(H,15,16). The third-order valence-corrected chi connectivity index (χ3v) is 2.46. The molecule has 0 bridgehead atoms. The summed E-state index contributed by atoms with van der Waals surface area (Å²) in [6.45, 7) is 0.655. The molecule has 0 saturated carbocycles. The molecule has 1 aromatic rings. The van der Waals surface area contributed by atoms with Gasteiger partial charge in [0.2, 0.25) is 0 Å². The zero-order valence-corrected chi connectivity index (χ0v) is 8.94. The van der Waals surface area contributed by atoms with Gasteiger partial charge in [-0.15, -0.1) is 0 Å². The fraction of sp³-hybridized carbons (Fsp3) is 0.400. The first-order valence-corrected chi connectivity index (χ1v) is 5.09. The first-order chi connectivity index (χ1) is 8.18. The van der Waals surface area contributed by atoms with Crippen molar-refractivity contribution in [2.24, 2.45) is 0 Å². The van der Waals surface area contributed by atoms with Crippen LogP contribution in [0.5, 0.6) is 0 Å². The smallest absolute Gasteiger partial charge is 0.334 e. The summed E-state index contributed by atoms with van der Waals surface area (Å²) < 4.78 is 5.03. The molecule has 1 unspecified atom stereocenters. The number of carbonyl (C=O) groups is 2. The normalized spacial score (nSPS) is 20.0. The number of aliphatic carboxylic acids is 1. The molecule has 0 radical (unpaired) electrons. The SMILES string of the molecule is O=C(O)C1CN(C(=O)c2ccnnc2)CCO1. The largest absolute Gasteiger partial charge is 0.479 e.